The van der Waals surface area contributed by atoms with Crippen molar-refractivity contribution in [3.63, 3.8) is 0 Å². The number of allylic oxidation sites excluding steroid dienone is 5. The Morgan fingerprint density at radius 1 is 1.13 bits per heavy atom. The van der Waals surface area contributed by atoms with E-state index >= 15 is 0 Å². The molecule has 2 nitrogen and oxygen atoms in total. The summed E-state index contributed by atoms with van der Waals surface area (Å²) in [5.74, 6) is 0.195. The Kier molecular flexibility index (Phi) is 5.42. The Morgan fingerprint density at radius 2 is 1.83 bits per heavy atom. The molecule has 0 saturated carbocycles. The van der Waals surface area contributed by atoms with Crippen LogP contribution >= 0.6 is 0 Å². The van der Waals surface area contributed by atoms with E-state index in [1.165, 1.54) is 5.56 Å². The summed E-state index contributed by atoms with van der Waals surface area (Å²) in [7, 11) is 0. The predicted molar refractivity (Wildman–Crippen MR) is 99.2 cm³/mol. The third-order valence-corrected chi connectivity index (χ3v) is 3.69. The minimum absolute atomic E-state index is 0.195. The van der Waals surface area contributed by atoms with Crippen molar-refractivity contribution in [2.45, 2.75) is 20.3 Å². The molecule has 118 valence electrons. The van der Waals surface area contributed by atoms with Crippen LogP contribution in [0.25, 0.3) is 5.57 Å². The Balaban J connectivity index is 2.41. The van der Waals surface area contributed by atoms with Gasteiger partial charge < -0.3 is 10.8 Å². The summed E-state index contributed by atoms with van der Waals surface area (Å²) in [6, 6.07) is 15.5. The number of phenolic OH excluding ortho intramolecular Hbond substituents is 1. The second kappa shape index (κ2) is 7.50. The highest BCUT2D eigenvalue weighted by atomic mass is 16.3. The highest BCUT2D eigenvalue weighted by Gasteiger charge is 2.08. The third kappa shape index (κ3) is 4.36. The van der Waals surface area contributed by atoms with Gasteiger partial charge in [-0.1, -0.05) is 54.6 Å². The monoisotopic (exact) mass is 305 g/mol. The largest absolute Gasteiger partial charge is 0.507 e. The predicted octanol–water partition coefficient (Wildman–Crippen LogP) is 5.12. The number of anilines is 1. The topological polar surface area (TPSA) is 46.2 Å². The van der Waals surface area contributed by atoms with E-state index in [4.69, 9.17) is 5.73 Å². The first kappa shape index (κ1) is 16.6. The van der Waals surface area contributed by atoms with Gasteiger partial charge in [0, 0.05) is 17.3 Å². The molecule has 0 aromatic heterocycles. The fourth-order valence-corrected chi connectivity index (χ4v) is 2.47. The van der Waals surface area contributed by atoms with Crippen molar-refractivity contribution < 1.29 is 5.11 Å². The second-order valence-corrected chi connectivity index (χ2v) is 5.78. The number of aromatic hydroxyl groups is 1. The summed E-state index contributed by atoms with van der Waals surface area (Å²) < 4.78 is 0. The molecule has 0 unspecified atom stereocenters. The van der Waals surface area contributed by atoms with Gasteiger partial charge in [0.05, 0.1) is 0 Å². The maximum absolute atomic E-state index is 10.2. The van der Waals surface area contributed by atoms with E-state index in [2.05, 4.69) is 24.8 Å². The fraction of sp³-hybridized carbons (Fsp3) is 0.143. The molecule has 0 radical (unpaired) electrons. The molecule has 2 heteroatoms. The van der Waals surface area contributed by atoms with Crippen LogP contribution in [0.4, 0.5) is 5.69 Å². The quantitative estimate of drug-likeness (QED) is 0.594. The van der Waals surface area contributed by atoms with E-state index in [0.29, 0.717) is 5.69 Å². The van der Waals surface area contributed by atoms with Crippen molar-refractivity contribution in [1.82, 2.24) is 0 Å². The van der Waals surface area contributed by atoms with Gasteiger partial charge in [0.1, 0.15) is 5.75 Å². The first-order valence-electron chi connectivity index (χ1n) is 7.64. The van der Waals surface area contributed by atoms with Crippen LogP contribution in [0.2, 0.25) is 0 Å². The zero-order valence-corrected chi connectivity index (χ0v) is 13.7. The summed E-state index contributed by atoms with van der Waals surface area (Å²) in [6.45, 7) is 7.99. The van der Waals surface area contributed by atoms with E-state index in [1.807, 2.05) is 44.2 Å². The normalized spacial score (nSPS) is 11.1. The SMILES string of the molecule is C=C/C(=C\C(=C(C)C)c1ccc(N)cc1O)Cc1ccccc1. The molecule has 0 aliphatic heterocycles. The van der Waals surface area contributed by atoms with Crippen molar-refractivity contribution in [2.75, 3.05) is 5.73 Å². The maximum Gasteiger partial charge on any atom is 0.125 e. The molecule has 0 heterocycles. The first-order valence-corrected chi connectivity index (χ1v) is 7.64. The lowest BCUT2D eigenvalue weighted by Gasteiger charge is -2.11. The summed E-state index contributed by atoms with van der Waals surface area (Å²) in [6.07, 6.45) is 4.75. The van der Waals surface area contributed by atoms with Crippen LogP contribution < -0.4 is 5.73 Å². The molecule has 2 rings (SSSR count). The van der Waals surface area contributed by atoms with Gasteiger partial charge in [0.15, 0.2) is 0 Å². The van der Waals surface area contributed by atoms with Crippen molar-refractivity contribution in [3.8, 4) is 5.75 Å². The van der Waals surface area contributed by atoms with Crippen LogP contribution in [0.3, 0.4) is 0 Å². The number of hydrogen-bond acceptors (Lipinski definition) is 2. The lowest BCUT2D eigenvalue weighted by Crippen LogP contribution is -1.93. The number of phenols is 1. The van der Waals surface area contributed by atoms with Gasteiger partial charge >= 0.3 is 0 Å². The molecule has 0 atom stereocenters. The number of nitrogen functional groups attached to an aromatic ring is 1. The molecule has 23 heavy (non-hydrogen) atoms. The summed E-state index contributed by atoms with van der Waals surface area (Å²) >= 11 is 0. The zero-order chi connectivity index (χ0) is 16.8. The van der Waals surface area contributed by atoms with Gasteiger partial charge in [-0.2, -0.15) is 0 Å². The average Bonchev–Trinajstić information content (AvgIpc) is 2.53. The molecule has 0 aliphatic carbocycles. The fourth-order valence-electron chi connectivity index (χ4n) is 2.47. The maximum atomic E-state index is 10.2. The smallest absolute Gasteiger partial charge is 0.125 e. The van der Waals surface area contributed by atoms with Crippen LogP contribution in [0.15, 0.2) is 78.4 Å². The van der Waals surface area contributed by atoms with Crippen molar-refractivity contribution in [2.24, 2.45) is 0 Å². The Labute approximate surface area is 138 Å². The Hall–Kier alpha value is -2.74. The molecule has 3 N–H and O–H groups in total. The van der Waals surface area contributed by atoms with E-state index in [0.717, 1.165) is 28.7 Å². The van der Waals surface area contributed by atoms with E-state index in [1.54, 1.807) is 12.1 Å². The second-order valence-electron chi connectivity index (χ2n) is 5.78. The van der Waals surface area contributed by atoms with Crippen LogP contribution in [-0.2, 0) is 6.42 Å². The number of hydrogen-bond donors (Lipinski definition) is 2. The third-order valence-electron chi connectivity index (χ3n) is 3.69. The zero-order valence-electron chi connectivity index (χ0n) is 13.7. The molecule has 0 spiro atoms. The molecule has 0 bridgehead atoms. The molecular weight excluding hydrogens is 282 g/mol. The first-order chi connectivity index (χ1) is 11.0. The molecular formula is C21H23NO. The van der Waals surface area contributed by atoms with Gasteiger partial charge in [-0.15, -0.1) is 0 Å². The average molecular weight is 305 g/mol. The highest BCUT2D eigenvalue weighted by molar-refractivity contribution is 5.81. The minimum Gasteiger partial charge on any atom is -0.507 e. The van der Waals surface area contributed by atoms with Crippen LogP contribution in [0, 0.1) is 0 Å². The Bertz CT molecular complexity index is 751. The molecule has 0 aliphatic rings. The standard InChI is InChI=1S/C21H23NO/c1-4-16(12-17-8-6-5-7-9-17)13-20(15(2)3)19-11-10-18(22)14-21(19)23/h4-11,13-14,23H,1,12,22H2,2-3H3/b16-13+. The van der Waals surface area contributed by atoms with Gasteiger partial charge in [-0.25, -0.2) is 0 Å². The van der Waals surface area contributed by atoms with E-state index in [9.17, 15) is 5.11 Å². The number of benzene rings is 2. The van der Waals surface area contributed by atoms with E-state index < -0.39 is 0 Å². The highest BCUT2D eigenvalue weighted by Crippen LogP contribution is 2.31. The summed E-state index contributed by atoms with van der Waals surface area (Å²) in [5.41, 5.74) is 11.5. The van der Waals surface area contributed by atoms with Gasteiger partial charge in [0.2, 0.25) is 0 Å². The van der Waals surface area contributed by atoms with Gasteiger partial charge in [0.25, 0.3) is 0 Å². The van der Waals surface area contributed by atoms with Gasteiger partial charge in [-0.3, -0.25) is 0 Å². The van der Waals surface area contributed by atoms with Crippen molar-refractivity contribution >= 4 is 11.3 Å². The molecule has 2 aromatic carbocycles. The minimum atomic E-state index is 0.195. The van der Waals surface area contributed by atoms with Crippen molar-refractivity contribution in [3.05, 3.63) is 89.5 Å². The van der Waals surface area contributed by atoms with Crippen LogP contribution in [0.5, 0.6) is 5.75 Å². The summed E-state index contributed by atoms with van der Waals surface area (Å²) in [4.78, 5) is 0. The number of nitrogens with two attached hydrogens (primary N) is 1. The molecule has 2 aromatic rings. The van der Waals surface area contributed by atoms with Crippen molar-refractivity contribution in [1.29, 1.82) is 0 Å². The molecule has 0 amide bonds. The summed E-state index contributed by atoms with van der Waals surface area (Å²) in [5, 5.41) is 10.2. The van der Waals surface area contributed by atoms with Crippen LogP contribution in [-0.4, -0.2) is 5.11 Å². The molecule has 0 fully saturated rings. The lowest BCUT2D eigenvalue weighted by molar-refractivity contribution is 0.474. The van der Waals surface area contributed by atoms with E-state index in [-0.39, 0.29) is 5.75 Å². The Morgan fingerprint density at radius 3 is 2.39 bits per heavy atom. The number of rotatable bonds is 5. The lowest BCUT2D eigenvalue weighted by atomic mass is 9.95. The van der Waals surface area contributed by atoms with Crippen LogP contribution in [0.1, 0.15) is 25.0 Å². The van der Waals surface area contributed by atoms with Gasteiger partial charge in [-0.05, 0) is 49.1 Å². The molecule has 0 saturated heterocycles.